The second-order valence-corrected chi connectivity index (χ2v) is 4.19. The van der Waals surface area contributed by atoms with Crippen molar-refractivity contribution in [2.24, 2.45) is 0 Å². The second kappa shape index (κ2) is 5.23. The van der Waals surface area contributed by atoms with Crippen LogP contribution in [0.1, 0.15) is 5.56 Å². The Morgan fingerprint density at radius 1 is 1.38 bits per heavy atom. The van der Waals surface area contributed by atoms with Crippen molar-refractivity contribution in [2.45, 2.75) is 13.5 Å². The minimum atomic E-state index is -0.00451. The summed E-state index contributed by atoms with van der Waals surface area (Å²) < 4.78 is 1.54. The third-order valence-corrected chi connectivity index (χ3v) is 2.84. The first-order valence-electron chi connectivity index (χ1n) is 5.72. The Labute approximate surface area is 95.1 Å². The molecule has 5 heteroatoms. The fourth-order valence-electron chi connectivity index (χ4n) is 1.86. The Balaban J connectivity index is 1.91. The third kappa shape index (κ3) is 2.90. The van der Waals surface area contributed by atoms with Crippen molar-refractivity contribution >= 4 is 0 Å². The van der Waals surface area contributed by atoms with Crippen LogP contribution in [0.15, 0.2) is 17.1 Å². The van der Waals surface area contributed by atoms with E-state index in [9.17, 15) is 4.79 Å². The van der Waals surface area contributed by atoms with E-state index in [4.69, 9.17) is 0 Å². The van der Waals surface area contributed by atoms with Crippen molar-refractivity contribution in [3.8, 4) is 0 Å². The van der Waals surface area contributed by atoms with E-state index >= 15 is 0 Å². The lowest BCUT2D eigenvalue weighted by Crippen LogP contribution is -2.45. The van der Waals surface area contributed by atoms with Gasteiger partial charge in [0, 0.05) is 38.8 Å². The van der Waals surface area contributed by atoms with E-state index in [0.717, 1.165) is 38.3 Å². The van der Waals surface area contributed by atoms with E-state index in [1.165, 1.54) is 4.68 Å². The summed E-state index contributed by atoms with van der Waals surface area (Å²) in [5, 5.41) is 7.43. The minimum Gasteiger partial charge on any atom is -0.314 e. The van der Waals surface area contributed by atoms with Crippen molar-refractivity contribution < 1.29 is 0 Å². The SMILES string of the molecule is Cc1cnn(CCN2CCNCC2)c(=O)c1. The lowest BCUT2D eigenvalue weighted by atomic mass is 10.3. The van der Waals surface area contributed by atoms with E-state index in [-0.39, 0.29) is 5.56 Å². The molecule has 1 aliphatic rings. The molecule has 0 unspecified atom stereocenters. The van der Waals surface area contributed by atoms with Crippen molar-refractivity contribution in [3.05, 3.63) is 28.2 Å². The zero-order valence-corrected chi connectivity index (χ0v) is 9.65. The highest BCUT2D eigenvalue weighted by atomic mass is 16.1. The zero-order chi connectivity index (χ0) is 11.4. The molecule has 0 saturated carbocycles. The monoisotopic (exact) mass is 222 g/mol. The third-order valence-electron chi connectivity index (χ3n) is 2.84. The van der Waals surface area contributed by atoms with Gasteiger partial charge in [-0.2, -0.15) is 5.10 Å². The summed E-state index contributed by atoms with van der Waals surface area (Å²) >= 11 is 0. The summed E-state index contributed by atoms with van der Waals surface area (Å²) in [5.74, 6) is 0. The molecule has 2 rings (SSSR count). The standard InChI is InChI=1S/C11H18N4O/c1-10-8-11(16)15(13-9-10)7-6-14-4-2-12-3-5-14/h8-9,12H,2-7H2,1H3. The smallest absolute Gasteiger partial charge is 0.267 e. The van der Waals surface area contributed by atoms with Gasteiger partial charge >= 0.3 is 0 Å². The first kappa shape index (κ1) is 11.3. The number of aromatic nitrogens is 2. The van der Waals surface area contributed by atoms with Crippen LogP contribution in [0.2, 0.25) is 0 Å². The van der Waals surface area contributed by atoms with Gasteiger partial charge in [0.2, 0.25) is 0 Å². The first-order chi connectivity index (χ1) is 7.75. The van der Waals surface area contributed by atoms with Gasteiger partial charge in [0.15, 0.2) is 0 Å². The Hall–Kier alpha value is -1.20. The summed E-state index contributed by atoms with van der Waals surface area (Å²) in [6, 6.07) is 1.63. The largest absolute Gasteiger partial charge is 0.314 e. The number of nitrogens with one attached hydrogen (secondary N) is 1. The van der Waals surface area contributed by atoms with E-state index in [2.05, 4.69) is 15.3 Å². The zero-order valence-electron chi connectivity index (χ0n) is 9.65. The van der Waals surface area contributed by atoms with Gasteiger partial charge in [0.1, 0.15) is 0 Å². The lowest BCUT2D eigenvalue weighted by Gasteiger charge is -2.26. The van der Waals surface area contributed by atoms with Crippen LogP contribution in [0.3, 0.4) is 0 Å². The van der Waals surface area contributed by atoms with Crippen LogP contribution in [0.4, 0.5) is 0 Å². The van der Waals surface area contributed by atoms with Crippen LogP contribution in [-0.2, 0) is 6.54 Å². The predicted octanol–water partition coefficient (Wildman–Crippen LogP) is -0.543. The van der Waals surface area contributed by atoms with E-state index in [1.807, 2.05) is 6.92 Å². The number of hydrogen-bond acceptors (Lipinski definition) is 4. The van der Waals surface area contributed by atoms with Crippen LogP contribution < -0.4 is 10.9 Å². The van der Waals surface area contributed by atoms with Crippen molar-refractivity contribution in [3.63, 3.8) is 0 Å². The molecule has 2 heterocycles. The van der Waals surface area contributed by atoms with Crippen LogP contribution in [-0.4, -0.2) is 47.4 Å². The topological polar surface area (TPSA) is 50.2 Å². The molecule has 0 aromatic carbocycles. The van der Waals surface area contributed by atoms with Gasteiger partial charge in [0.25, 0.3) is 5.56 Å². The molecule has 0 bridgehead atoms. The number of nitrogens with zero attached hydrogens (tertiary/aromatic N) is 3. The van der Waals surface area contributed by atoms with Gasteiger partial charge in [-0.3, -0.25) is 9.69 Å². The van der Waals surface area contributed by atoms with Gasteiger partial charge in [-0.05, 0) is 12.5 Å². The van der Waals surface area contributed by atoms with E-state index in [1.54, 1.807) is 12.3 Å². The Kier molecular flexibility index (Phi) is 3.69. The average molecular weight is 222 g/mol. The number of piperazine rings is 1. The van der Waals surface area contributed by atoms with Crippen molar-refractivity contribution in [2.75, 3.05) is 32.7 Å². The first-order valence-corrected chi connectivity index (χ1v) is 5.72. The summed E-state index contributed by atoms with van der Waals surface area (Å²) in [4.78, 5) is 13.9. The molecule has 1 aliphatic heterocycles. The quantitative estimate of drug-likeness (QED) is 0.746. The number of rotatable bonds is 3. The molecule has 0 aliphatic carbocycles. The maximum absolute atomic E-state index is 11.6. The highest BCUT2D eigenvalue weighted by molar-refractivity contribution is 5.02. The second-order valence-electron chi connectivity index (χ2n) is 4.19. The molecule has 0 amide bonds. The number of aryl methyl sites for hydroxylation is 1. The van der Waals surface area contributed by atoms with Crippen LogP contribution >= 0.6 is 0 Å². The molecular formula is C11H18N4O. The highest BCUT2D eigenvalue weighted by Crippen LogP contribution is 1.93. The molecule has 1 aromatic heterocycles. The summed E-state index contributed by atoms with van der Waals surface area (Å²) in [7, 11) is 0. The minimum absolute atomic E-state index is 0.00451. The van der Waals surface area contributed by atoms with E-state index in [0.29, 0.717) is 6.54 Å². The maximum atomic E-state index is 11.6. The molecule has 1 N–H and O–H groups in total. The lowest BCUT2D eigenvalue weighted by molar-refractivity contribution is 0.228. The van der Waals surface area contributed by atoms with Crippen molar-refractivity contribution in [1.82, 2.24) is 20.0 Å². The molecule has 0 atom stereocenters. The molecule has 0 radical (unpaired) electrons. The normalized spacial score (nSPS) is 17.6. The Bertz CT molecular complexity index is 395. The molecule has 16 heavy (non-hydrogen) atoms. The van der Waals surface area contributed by atoms with Gasteiger partial charge in [-0.15, -0.1) is 0 Å². The van der Waals surface area contributed by atoms with Crippen LogP contribution in [0.5, 0.6) is 0 Å². The average Bonchev–Trinajstić information content (AvgIpc) is 2.29. The molecule has 0 spiro atoms. The van der Waals surface area contributed by atoms with Gasteiger partial charge in [0.05, 0.1) is 12.7 Å². The summed E-state index contributed by atoms with van der Waals surface area (Å²) in [5.41, 5.74) is 0.915. The van der Waals surface area contributed by atoms with Gasteiger partial charge in [-0.25, -0.2) is 4.68 Å². The predicted molar refractivity (Wildman–Crippen MR) is 62.5 cm³/mol. The fraction of sp³-hybridized carbons (Fsp3) is 0.636. The van der Waals surface area contributed by atoms with Crippen molar-refractivity contribution in [1.29, 1.82) is 0 Å². The number of hydrogen-bond donors (Lipinski definition) is 1. The molecule has 88 valence electrons. The molecule has 5 nitrogen and oxygen atoms in total. The summed E-state index contributed by atoms with van der Waals surface area (Å²) in [6.07, 6.45) is 1.74. The molecular weight excluding hydrogens is 204 g/mol. The van der Waals surface area contributed by atoms with Crippen LogP contribution in [0.25, 0.3) is 0 Å². The molecule has 1 fully saturated rings. The van der Waals surface area contributed by atoms with Crippen LogP contribution in [0, 0.1) is 6.92 Å². The van der Waals surface area contributed by atoms with Gasteiger partial charge in [-0.1, -0.05) is 0 Å². The highest BCUT2D eigenvalue weighted by Gasteiger charge is 2.09. The Morgan fingerprint density at radius 2 is 2.12 bits per heavy atom. The Morgan fingerprint density at radius 3 is 2.81 bits per heavy atom. The summed E-state index contributed by atoms with van der Waals surface area (Å²) in [6.45, 7) is 7.65. The maximum Gasteiger partial charge on any atom is 0.267 e. The molecule has 1 saturated heterocycles. The van der Waals surface area contributed by atoms with E-state index < -0.39 is 0 Å². The molecule has 1 aromatic rings. The fourth-order valence-corrected chi connectivity index (χ4v) is 1.86. The van der Waals surface area contributed by atoms with Gasteiger partial charge < -0.3 is 5.32 Å².